The molecule has 0 aromatic rings. The third kappa shape index (κ3) is 9.20. The second-order valence-electron chi connectivity index (χ2n) is 7.86. The maximum Gasteiger partial charge on any atom is 0.186 e. The fourth-order valence-corrected chi connectivity index (χ4v) is 3.60. The first kappa shape index (κ1) is 24.8. The second-order valence-corrected chi connectivity index (χ2v) is 7.86. The molecule has 5 atom stereocenters. The van der Waals surface area contributed by atoms with Gasteiger partial charge in [0.1, 0.15) is 24.4 Å². The highest BCUT2D eigenvalue weighted by Crippen LogP contribution is 2.26. The Bertz CT molecular complexity index is 338. The lowest BCUT2D eigenvalue weighted by Crippen LogP contribution is -2.59. The minimum absolute atomic E-state index is 0.0466. The number of unbranched alkanes of at least 4 members (excludes halogenated alkanes) is 8. The van der Waals surface area contributed by atoms with Crippen molar-refractivity contribution in [3.63, 3.8) is 0 Å². The molecule has 0 bridgehead atoms. The van der Waals surface area contributed by atoms with Crippen LogP contribution in [0, 0.1) is 0 Å². The Balaban J connectivity index is 2.53. The molecule has 1 aliphatic rings. The van der Waals surface area contributed by atoms with E-state index < -0.39 is 37.3 Å². The van der Waals surface area contributed by atoms with Crippen LogP contribution in [0.5, 0.6) is 0 Å². The van der Waals surface area contributed by atoms with E-state index in [1.54, 1.807) is 0 Å². The molecule has 27 heavy (non-hydrogen) atoms. The maximum atomic E-state index is 10.2. The standard InChI is InChI=1S/C21H42O6/c1-3-5-7-9-11-13-16(14-12-10-8-6-4-2)26-21-20(25)19(24)18(23)17(15-22)27-21/h16-25H,3-15H2,1-2H3/t17-,18-,19+,20-,21+/m1/s1. The number of aliphatic hydroxyl groups is 4. The zero-order chi connectivity index (χ0) is 20.1. The zero-order valence-corrected chi connectivity index (χ0v) is 17.3. The van der Waals surface area contributed by atoms with Gasteiger partial charge < -0.3 is 29.9 Å². The van der Waals surface area contributed by atoms with Crippen molar-refractivity contribution in [2.24, 2.45) is 0 Å². The van der Waals surface area contributed by atoms with Crippen LogP contribution in [0.25, 0.3) is 0 Å². The normalized spacial score (nSPS) is 28.8. The lowest BCUT2D eigenvalue weighted by Gasteiger charge is -2.41. The van der Waals surface area contributed by atoms with E-state index in [-0.39, 0.29) is 6.10 Å². The Morgan fingerprint density at radius 1 is 0.741 bits per heavy atom. The molecular formula is C21H42O6. The van der Waals surface area contributed by atoms with Crippen LogP contribution in [0.1, 0.15) is 90.9 Å². The lowest BCUT2D eigenvalue weighted by molar-refractivity contribution is -0.312. The van der Waals surface area contributed by atoms with Crippen LogP contribution in [0.2, 0.25) is 0 Å². The molecule has 0 aliphatic carbocycles. The van der Waals surface area contributed by atoms with E-state index in [2.05, 4.69) is 13.8 Å². The Labute approximate surface area is 164 Å². The van der Waals surface area contributed by atoms with Crippen molar-refractivity contribution in [3.8, 4) is 0 Å². The van der Waals surface area contributed by atoms with E-state index in [1.807, 2.05) is 0 Å². The molecule has 1 aliphatic heterocycles. The summed E-state index contributed by atoms with van der Waals surface area (Å²) in [5.41, 5.74) is 0. The lowest BCUT2D eigenvalue weighted by atomic mass is 9.98. The van der Waals surface area contributed by atoms with Gasteiger partial charge in [-0.25, -0.2) is 0 Å². The van der Waals surface area contributed by atoms with Crippen LogP contribution < -0.4 is 0 Å². The molecule has 1 rings (SSSR count). The molecular weight excluding hydrogens is 348 g/mol. The van der Waals surface area contributed by atoms with Gasteiger partial charge in [0, 0.05) is 0 Å². The van der Waals surface area contributed by atoms with Crippen LogP contribution >= 0.6 is 0 Å². The van der Waals surface area contributed by atoms with Gasteiger partial charge in [0.2, 0.25) is 0 Å². The SMILES string of the molecule is CCCCCCCC(CCCCCCC)O[C@H]1O[C@H](CO)[C@@H](O)[C@H](O)[C@H]1O. The van der Waals surface area contributed by atoms with Crippen molar-refractivity contribution in [2.45, 2.75) is 128 Å². The van der Waals surface area contributed by atoms with E-state index >= 15 is 0 Å². The summed E-state index contributed by atoms with van der Waals surface area (Å²) in [5, 5.41) is 39.4. The van der Waals surface area contributed by atoms with Crippen molar-refractivity contribution < 1.29 is 29.9 Å². The topological polar surface area (TPSA) is 99.4 Å². The van der Waals surface area contributed by atoms with Gasteiger partial charge in [-0.15, -0.1) is 0 Å². The van der Waals surface area contributed by atoms with Crippen LogP contribution in [0.3, 0.4) is 0 Å². The van der Waals surface area contributed by atoms with E-state index in [0.717, 1.165) is 38.5 Å². The van der Waals surface area contributed by atoms with Crippen molar-refractivity contribution in [2.75, 3.05) is 6.61 Å². The third-order valence-corrected chi connectivity index (χ3v) is 5.43. The van der Waals surface area contributed by atoms with Crippen LogP contribution in [-0.4, -0.2) is 63.8 Å². The quantitative estimate of drug-likeness (QED) is 0.321. The van der Waals surface area contributed by atoms with Gasteiger partial charge in [-0.05, 0) is 12.8 Å². The van der Waals surface area contributed by atoms with Gasteiger partial charge in [-0.1, -0.05) is 78.1 Å². The third-order valence-electron chi connectivity index (χ3n) is 5.43. The van der Waals surface area contributed by atoms with Gasteiger partial charge >= 0.3 is 0 Å². The molecule has 0 amide bonds. The Morgan fingerprint density at radius 2 is 1.26 bits per heavy atom. The molecule has 0 unspecified atom stereocenters. The van der Waals surface area contributed by atoms with E-state index in [9.17, 15) is 20.4 Å². The number of hydrogen-bond acceptors (Lipinski definition) is 6. The molecule has 4 N–H and O–H groups in total. The molecule has 0 aromatic heterocycles. The number of aliphatic hydroxyl groups excluding tert-OH is 4. The minimum atomic E-state index is -1.38. The van der Waals surface area contributed by atoms with Gasteiger partial charge in [-0.2, -0.15) is 0 Å². The molecule has 0 aromatic carbocycles. The summed E-state index contributed by atoms with van der Waals surface area (Å²) >= 11 is 0. The van der Waals surface area contributed by atoms with E-state index in [4.69, 9.17) is 9.47 Å². The van der Waals surface area contributed by atoms with Crippen molar-refractivity contribution in [1.82, 2.24) is 0 Å². The van der Waals surface area contributed by atoms with Crippen molar-refractivity contribution >= 4 is 0 Å². The molecule has 1 heterocycles. The summed E-state index contributed by atoms with van der Waals surface area (Å²) < 4.78 is 11.5. The highest BCUT2D eigenvalue weighted by molar-refractivity contribution is 4.89. The first-order valence-corrected chi connectivity index (χ1v) is 11.0. The molecule has 0 radical (unpaired) electrons. The molecule has 0 saturated carbocycles. The predicted molar refractivity (Wildman–Crippen MR) is 105 cm³/mol. The molecule has 6 nitrogen and oxygen atoms in total. The number of hydrogen-bond donors (Lipinski definition) is 4. The van der Waals surface area contributed by atoms with Gasteiger partial charge in [0.25, 0.3) is 0 Å². The van der Waals surface area contributed by atoms with Gasteiger partial charge in [-0.3, -0.25) is 0 Å². The van der Waals surface area contributed by atoms with Crippen molar-refractivity contribution in [1.29, 1.82) is 0 Å². The van der Waals surface area contributed by atoms with Crippen molar-refractivity contribution in [3.05, 3.63) is 0 Å². The molecule has 162 valence electrons. The molecule has 0 spiro atoms. The fraction of sp³-hybridized carbons (Fsp3) is 1.00. The summed E-state index contributed by atoms with van der Waals surface area (Å²) in [4.78, 5) is 0. The molecule has 6 heteroatoms. The first-order valence-electron chi connectivity index (χ1n) is 11.0. The average Bonchev–Trinajstić information content (AvgIpc) is 2.67. The highest BCUT2D eigenvalue weighted by Gasteiger charge is 2.44. The van der Waals surface area contributed by atoms with Crippen LogP contribution in [0.15, 0.2) is 0 Å². The Morgan fingerprint density at radius 3 is 1.74 bits per heavy atom. The highest BCUT2D eigenvalue weighted by atomic mass is 16.7. The zero-order valence-electron chi connectivity index (χ0n) is 17.3. The smallest absolute Gasteiger partial charge is 0.186 e. The average molecular weight is 391 g/mol. The number of rotatable bonds is 15. The summed E-state index contributed by atoms with van der Waals surface area (Å²) in [7, 11) is 0. The monoisotopic (exact) mass is 390 g/mol. The number of ether oxygens (including phenoxy) is 2. The summed E-state index contributed by atoms with van der Waals surface area (Å²) in [5.74, 6) is 0. The maximum absolute atomic E-state index is 10.2. The second kappa shape index (κ2) is 14.7. The largest absolute Gasteiger partial charge is 0.394 e. The van der Waals surface area contributed by atoms with Crippen LogP contribution in [0.4, 0.5) is 0 Å². The molecule has 1 saturated heterocycles. The molecule has 1 fully saturated rings. The first-order chi connectivity index (χ1) is 13.0. The fourth-order valence-electron chi connectivity index (χ4n) is 3.60. The Kier molecular flexibility index (Phi) is 13.5. The van der Waals surface area contributed by atoms with Gasteiger partial charge in [0.15, 0.2) is 6.29 Å². The Hall–Kier alpha value is -0.240. The van der Waals surface area contributed by atoms with Crippen LogP contribution in [-0.2, 0) is 9.47 Å². The van der Waals surface area contributed by atoms with E-state index in [1.165, 1.54) is 38.5 Å². The predicted octanol–water partition coefficient (Wildman–Crippen LogP) is 2.89. The minimum Gasteiger partial charge on any atom is -0.394 e. The van der Waals surface area contributed by atoms with E-state index in [0.29, 0.717) is 0 Å². The summed E-state index contributed by atoms with van der Waals surface area (Å²) in [6, 6.07) is 0. The summed E-state index contributed by atoms with van der Waals surface area (Å²) in [6.07, 6.45) is 7.60. The summed E-state index contributed by atoms with van der Waals surface area (Å²) in [6.45, 7) is 3.96. The van der Waals surface area contributed by atoms with Gasteiger partial charge in [0.05, 0.1) is 12.7 Å².